The lowest BCUT2D eigenvalue weighted by molar-refractivity contribution is 0.00578. The summed E-state index contributed by atoms with van der Waals surface area (Å²) in [5.41, 5.74) is 7.87. The molecule has 1 aromatic rings. The fourth-order valence-electron chi connectivity index (χ4n) is 2.13. The number of nitrogens with two attached hydrogens (primary N) is 1. The molecule has 6 heteroatoms. The van der Waals surface area contributed by atoms with E-state index < -0.39 is 7.12 Å². The van der Waals surface area contributed by atoms with Crippen molar-refractivity contribution in [3.8, 4) is 0 Å². The van der Waals surface area contributed by atoms with Crippen molar-refractivity contribution in [1.82, 2.24) is 9.88 Å². The lowest BCUT2D eigenvalue weighted by Gasteiger charge is -2.32. The van der Waals surface area contributed by atoms with Crippen LogP contribution in [0.3, 0.4) is 0 Å². The van der Waals surface area contributed by atoms with Crippen LogP contribution >= 0.6 is 0 Å². The highest BCUT2D eigenvalue weighted by Gasteiger charge is 2.52. The van der Waals surface area contributed by atoms with Crippen LogP contribution < -0.4 is 11.2 Å². The molecule has 2 rings (SSSR count). The van der Waals surface area contributed by atoms with E-state index >= 15 is 0 Å². The molecule has 1 fully saturated rings. The van der Waals surface area contributed by atoms with Gasteiger partial charge in [-0.3, -0.25) is 4.98 Å². The van der Waals surface area contributed by atoms with E-state index in [-0.39, 0.29) is 11.2 Å². The minimum Gasteiger partial charge on any atom is -0.399 e. The fraction of sp³-hybridized carbons (Fsp3) is 0.643. The van der Waals surface area contributed by atoms with Crippen LogP contribution in [0.2, 0.25) is 0 Å². The van der Waals surface area contributed by atoms with Gasteiger partial charge in [0.05, 0.1) is 22.6 Å². The summed E-state index contributed by atoms with van der Waals surface area (Å²) in [6.07, 6.45) is 1.76. The third-order valence-corrected chi connectivity index (χ3v) is 4.08. The van der Waals surface area contributed by atoms with E-state index in [0.717, 1.165) is 11.2 Å². The summed E-state index contributed by atoms with van der Waals surface area (Å²) in [6, 6.07) is 1.87. The maximum absolute atomic E-state index is 6.24. The number of rotatable bonds is 3. The lowest BCUT2D eigenvalue weighted by Crippen LogP contribution is -2.41. The molecule has 5 nitrogen and oxygen atoms in total. The molecule has 110 valence electrons. The first-order valence-electron chi connectivity index (χ1n) is 6.88. The van der Waals surface area contributed by atoms with Crippen molar-refractivity contribution in [2.45, 2.75) is 45.4 Å². The van der Waals surface area contributed by atoms with Gasteiger partial charge < -0.3 is 19.9 Å². The molecule has 0 atom stereocenters. The highest BCUT2D eigenvalue weighted by atomic mass is 16.7. The van der Waals surface area contributed by atoms with Crippen LogP contribution in [-0.2, 0) is 15.9 Å². The van der Waals surface area contributed by atoms with Gasteiger partial charge in [-0.15, -0.1) is 0 Å². The third-order valence-electron chi connectivity index (χ3n) is 4.08. The fourth-order valence-corrected chi connectivity index (χ4v) is 2.13. The minimum absolute atomic E-state index is 0.366. The van der Waals surface area contributed by atoms with E-state index in [9.17, 15) is 0 Å². The predicted molar refractivity (Wildman–Crippen MR) is 81.8 cm³/mol. The third kappa shape index (κ3) is 2.68. The maximum atomic E-state index is 6.24. The maximum Gasteiger partial charge on any atom is 0.497 e. The second-order valence-electron chi connectivity index (χ2n) is 6.59. The zero-order valence-electron chi connectivity index (χ0n) is 13.2. The molecule has 0 unspecified atom stereocenters. The molecular formula is C14H24BN3O2. The Bertz CT molecular complexity index is 487. The molecule has 0 spiro atoms. The zero-order valence-corrected chi connectivity index (χ0v) is 13.2. The molecule has 2 heterocycles. The highest BCUT2D eigenvalue weighted by Crippen LogP contribution is 2.36. The molecule has 0 aromatic carbocycles. The molecule has 0 radical (unpaired) electrons. The number of hydrogen-bond donors (Lipinski definition) is 1. The van der Waals surface area contributed by atoms with Gasteiger partial charge >= 0.3 is 7.12 Å². The summed E-state index contributed by atoms with van der Waals surface area (Å²) in [7, 11) is 3.54. The number of anilines is 1. The monoisotopic (exact) mass is 277 g/mol. The van der Waals surface area contributed by atoms with Crippen molar-refractivity contribution in [3.63, 3.8) is 0 Å². The van der Waals surface area contributed by atoms with Gasteiger partial charge in [0.25, 0.3) is 0 Å². The molecule has 0 aliphatic carbocycles. The molecule has 1 aliphatic rings. The first kappa shape index (κ1) is 15.3. The van der Waals surface area contributed by atoms with Crippen molar-refractivity contribution < 1.29 is 9.31 Å². The standard InChI is InChI=1S/C14H24BN3O2/c1-13(2)14(3,4)20-15(19-13)10-7-8-17-11(12(10)16)9-18(5)6/h7-8H,9,16H2,1-6H3. The number of aromatic nitrogens is 1. The van der Waals surface area contributed by atoms with Crippen LogP contribution in [0, 0.1) is 0 Å². The second kappa shape index (κ2) is 5.02. The Hall–Kier alpha value is -1.11. The number of pyridine rings is 1. The Morgan fingerprint density at radius 1 is 1.20 bits per heavy atom. The summed E-state index contributed by atoms with van der Waals surface area (Å²) in [5.74, 6) is 0. The zero-order chi connectivity index (χ0) is 15.1. The minimum atomic E-state index is -0.441. The van der Waals surface area contributed by atoms with E-state index in [2.05, 4.69) is 4.98 Å². The van der Waals surface area contributed by atoms with Crippen LogP contribution in [0.25, 0.3) is 0 Å². The number of nitrogens with zero attached hydrogens (tertiary/aromatic N) is 2. The van der Waals surface area contributed by atoms with Crippen molar-refractivity contribution >= 4 is 18.3 Å². The van der Waals surface area contributed by atoms with Crippen LogP contribution in [0.15, 0.2) is 12.3 Å². The largest absolute Gasteiger partial charge is 0.497 e. The topological polar surface area (TPSA) is 60.6 Å². The molecule has 20 heavy (non-hydrogen) atoms. The predicted octanol–water partition coefficient (Wildman–Crippen LogP) is 1.02. The van der Waals surface area contributed by atoms with Gasteiger partial charge in [-0.05, 0) is 47.9 Å². The molecule has 1 saturated heterocycles. The van der Waals surface area contributed by atoms with E-state index in [1.807, 2.05) is 52.8 Å². The Balaban J connectivity index is 2.31. The van der Waals surface area contributed by atoms with E-state index in [0.29, 0.717) is 12.2 Å². The van der Waals surface area contributed by atoms with Gasteiger partial charge in [0, 0.05) is 18.2 Å². The molecule has 2 N–H and O–H groups in total. The van der Waals surface area contributed by atoms with Crippen LogP contribution in [0.5, 0.6) is 0 Å². The molecule has 0 saturated carbocycles. The highest BCUT2D eigenvalue weighted by molar-refractivity contribution is 6.63. The van der Waals surface area contributed by atoms with E-state index in [1.54, 1.807) is 6.20 Å². The van der Waals surface area contributed by atoms with Crippen LogP contribution in [0.4, 0.5) is 5.69 Å². The number of nitrogen functional groups attached to an aromatic ring is 1. The van der Waals surface area contributed by atoms with Crippen molar-refractivity contribution in [3.05, 3.63) is 18.0 Å². The Kier molecular flexibility index (Phi) is 3.84. The molecule has 1 aromatic heterocycles. The Labute approximate surface area is 121 Å². The first-order valence-corrected chi connectivity index (χ1v) is 6.88. The Morgan fingerprint density at radius 2 is 1.75 bits per heavy atom. The molecule has 0 bridgehead atoms. The quantitative estimate of drug-likeness (QED) is 0.836. The van der Waals surface area contributed by atoms with Gasteiger partial charge in [-0.2, -0.15) is 0 Å². The Morgan fingerprint density at radius 3 is 2.25 bits per heavy atom. The molecule has 1 aliphatic heterocycles. The van der Waals surface area contributed by atoms with Gasteiger partial charge in [-0.25, -0.2) is 0 Å². The first-order chi connectivity index (χ1) is 9.14. The van der Waals surface area contributed by atoms with Crippen molar-refractivity contribution in [2.24, 2.45) is 0 Å². The summed E-state index contributed by atoms with van der Waals surface area (Å²) in [6.45, 7) is 8.83. The average Bonchev–Trinajstić information content (AvgIpc) is 2.50. The second-order valence-corrected chi connectivity index (χ2v) is 6.59. The lowest BCUT2D eigenvalue weighted by atomic mass is 9.78. The normalized spacial score (nSPS) is 20.6. The van der Waals surface area contributed by atoms with Crippen LogP contribution in [0.1, 0.15) is 33.4 Å². The SMILES string of the molecule is CN(C)Cc1nccc(B2OC(C)(C)C(C)(C)O2)c1N. The molecular weight excluding hydrogens is 253 g/mol. The van der Waals surface area contributed by atoms with Gasteiger partial charge in [0.1, 0.15) is 0 Å². The van der Waals surface area contributed by atoms with Gasteiger partial charge in [0.2, 0.25) is 0 Å². The van der Waals surface area contributed by atoms with Crippen LogP contribution in [-0.4, -0.2) is 42.3 Å². The number of hydrogen-bond acceptors (Lipinski definition) is 5. The van der Waals surface area contributed by atoms with Gasteiger partial charge in [0.15, 0.2) is 0 Å². The average molecular weight is 277 g/mol. The summed E-state index contributed by atoms with van der Waals surface area (Å²) >= 11 is 0. The summed E-state index contributed by atoms with van der Waals surface area (Å²) < 4.78 is 12.1. The summed E-state index contributed by atoms with van der Waals surface area (Å²) in [4.78, 5) is 6.38. The van der Waals surface area contributed by atoms with Crippen molar-refractivity contribution in [2.75, 3.05) is 19.8 Å². The summed E-state index contributed by atoms with van der Waals surface area (Å²) in [5, 5.41) is 0. The van der Waals surface area contributed by atoms with E-state index in [4.69, 9.17) is 15.0 Å². The van der Waals surface area contributed by atoms with E-state index in [1.165, 1.54) is 0 Å². The van der Waals surface area contributed by atoms with Gasteiger partial charge in [-0.1, -0.05) is 0 Å². The smallest absolute Gasteiger partial charge is 0.399 e. The van der Waals surface area contributed by atoms with Crippen molar-refractivity contribution in [1.29, 1.82) is 0 Å². The molecule has 0 amide bonds.